The minimum atomic E-state index is -0.549. The minimum absolute atomic E-state index is 0.0259. The normalized spacial score (nSPS) is 28.1. The summed E-state index contributed by atoms with van der Waals surface area (Å²) in [6, 6.07) is 0.388. The maximum Gasteiger partial charge on any atom is 0.303 e. The Bertz CT molecular complexity index is 867. The Hall–Kier alpha value is -1.93. The molecule has 4 atom stereocenters. The van der Waals surface area contributed by atoms with Gasteiger partial charge in [-0.2, -0.15) is 15.1 Å². The van der Waals surface area contributed by atoms with Gasteiger partial charge in [0.15, 0.2) is 18.0 Å². The van der Waals surface area contributed by atoms with Crippen molar-refractivity contribution in [1.82, 2.24) is 19.7 Å². The number of hydrogen-bond acceptors (Lipinski definition) is 7. The smallest absolute Gasteiger partial charge is 0.303 e. The maximum atomic E-state index is 11.7. The summed E-state index contributed by atoms with van der Waals surface area (Å²) in [7, 11) is 0. The molecule has 3 heterocycles. The van der Waals surface area contributed by atoms with Crippen LogP contribution in [0.15, 0.2) is 6.20 Å². The molecule has 2 fully saturated rings. The second-order valence-electron chi connectivity index (χ2n) is 7.70. The second-order valence-corrected chi connectivity index (χ2v) is 8.04. The molecule has 2 aromatic rings. The van der Waals surface area contributed by atoms with E-state index in [0.29, 0.717) is 17.5 Å². The van der Waals surface area contributed by atoms with E-state index < -0.39 is 12.3 Å². The van der Waals surface area contributed by atoms with Crippen LogP contribution in [0.1, 0.15) is 59.1 Å². The largest absolute Gasteiger partial charge is 0.457 e. The summed E-state index contributed by atoms with van der Waals surface area (Å²) in [4.78, 5) is 20.4. The first-order valence-corrected chi connectivity index (χ1v) is 10.4. The summed E-state index contributed by atoms with van der Waals surface area (Å²) in [6.07, 6.45) is 6.20. The summed E-state index contributed by atoms with van der Waals surface area (Å²) >= 11 is 6.22. The average Bonchev–Trinajstić information content (AvgIpc) is 3.36. The van der Waals surface area contributed by atoms with Crippen LogP contribution in [-0.4, -0.2) is 44.0 Å². The van der Waals surface area contributed by atoms with E-state index in [1.54, 1.807) is 10.9 Å². The number of hydrogen-bond donors (Lipinski definition) is 1. The fourth-order valence-corrected chi connectivity index (χ4v) is 4.50. The van der Waals surface area contributed by atoms with Crippen LogP contribution in [0.4, 0.5) is 5.82 Å². The lowest BCUT2D eigenvalue weighted by Crippen LogP contribution is -2.30. The van der Waals surface area contributed by atoms with E-state index in [1.807, 2.05) is 6.92 Å². The highest BCUT2D eigenvalue weighted by molar-refractivity contribution is 6.28. The SMILES string of the molecule is CC[C@H]1O[C@@H](n2ncc3c(NC4CCCC4)nc(Cl)nc32)[C@H](OC(C)=O)[C@@H]1C. The molecule has 1 aliphatic carbocycles. The van der Waals surface area contributed by atoms with Gasteiger partial charge in [-0.1, -0.05) is 26.7 Å². The summed E-state index contributed by atoms with van der Waals surface area (Å²) < 4.78 is 13.5. The van der Waals surface area contributed by atoms with Crippen LogP contribution in [0.5, 0.6) is 0 Å². The van der Waals surface area contributed by atoms with E-state index in [2.05, 4.69) is 27.3 Å². The fraction of sp³-hybridized carbons (Fsp3) is 0.684. The van der Waals surface area contributed by atoms with Crippen molar-refractivity contribution in [2.45, 2.75) is 77.4 Å². The Balaban J connectivity index is 1.71. The molecule has 0 unspecified atom stereocenters. The van der Waals surface area contributed by atoms with Gasteiger partial charge in [-0.3, -0.25) is 4.79 Å². The molecule has 4 rings (SSSR count). The standard InChI is InChI=1S/C19H26ClN5O3/c1-4-14-10(2)15(27-11(3)26)18(28-14)25-17-13(9-21-25)16(23-19(20)24-17)22-12-7-5-6-8-12/h9-10,12,14-15,18H,4-8H2,1-3H3,(H,22,23,24)/t10-,14-,15-,18-/m1/s1. The predicted molar refractivity (Wildman–Crippen MR) is 105 cm³/mol. The molecule has 0 spiro atoms. The number of carbonyl (C=O) groups excluding carboxylic acids is 1. The third kappa shape index (κ3) is 3.55. The molecule has 1 aliphatic heterocycles. The molecule has 1 saturated carbocycles. The number of anilines is 1. The molecule has 0 bridgehead atoms. The Morgan fingerprint density at radius 2 is 2.14 bits per heavy atom. The van der Waals surface area contributed by atoms with Gasteiger partial charge < -0.3 is 14.8 Å². The van der Waals surface area contributed by atoms with Gasteiger partial charge in [0, 0.05) is 18.9 Å². The number of ether oxygens (including phenoxy) is 2. The van der Waals surface area contributed by atoms with Gasteiger partial charge in [0.25, 0.3) is 0 Å². The molecule has 9 heteroatoms. The van der Waals surface area contributed by atoms with Crippen molar-refractivity contribution in [1.29, 1.82) is 0 Å². The summed E-state index contributed by atoms with van der Waals surface area (Å²) in [5, 5.41) is 8.94. The van der Waals surface area contributed by atoms with Crippen LogP contribution in [0.25, 0.3) is 11.0 Å². The van der Waals surface area contributed by atoms with Crippen molar-refractivity contribution in [3.8, 4) is 0 Å². The van der Waals surface area contributed by atoms with Crippen molar-refractivity contribution in [2.24, 2.45) is 5.92 Å². The van der Waals surface area contributed by atoms with Crippen LogP contribution in [-0.2, 0) is 14.3 Å². The first kappa shape index (κ1) is 19.4. The molecule has 2 aromatic heterocycles. The van der Waals surface area contributed by atoms with E-state index in [4.69, 9.17) is 21.1 Å². The molecular weight excluding hydrogens is 382 g/mol. The summed E-state index contributed by atoms with van der Waals surface area (Å²) in [5.41, 5.74) is 0.576. The Morgan fingerprint density at radius 3 is 2.82 bits per heavy atom. The quantitative estimate of drug-likeness (QED) is 0.596. The highest BCUT2D eigenvalue weighted by atomic mass is 35.5. The molecule has 0 amide bonds. The average molecular weight is 408 g/mol. The van der Waals surface area contributed by atoms with Gasteiger partial charge in [0.05, 0.1) is 17.7 Å². The van der Waals surface area contributed by atoms with E-state index in [0.717, 1.165) is 24.6 Å². The third-order valence-electron chi connectivity index (χ3n) is 5.77. The van der Waals surface area contributed by atoms with Crippen molar-refractivity contribution in [3.05, 3.63) is 11.5 Å². The number of esters is 1. The van der Waals surface area contributed by atoms with Gasteiger partial charge in [-0.05, 0) is 30.9 Å². The van der Waals surface area contributed by atoms with Crippen LogP contribution in [0.3, 0.4) is 0 Å². The number of nitrogens with one attached hydrogen (secondary N) is 1. The number of fused-ring (bicyclic) bond motifs is 1. The molecule has 0 aromatic carbocycles. The zero-order valence-electron chi connectivity index (χ0n) is 16.4. The molecular formula is C19H26ClN5O3. The van der Waals surface area contributed by atoms with Gasteiger partial charge in [0.2, 0.25) is 5.28 Å². The minimum Gasteiger partial charge on any atom is -0.457 e. The Labute approximate surface area is 168 Å². The Morgan fingerprint density at radius 1 is 1.39 bits per heavy atom. The van der Waals surface area contributed by atoms with Crippen LogP contribution >= 0.6 is 11.6 Å². The lowest BCUT2D eigenvalue weighted by atomic mass is 9.98. The van der Waals surface area contributed by atoms with E-state index in [9.17, 15) is 4.79 Å². The van der Waals surface area contributed by atoms with Gasteiger partial charge in [0.1, 0.15) is 5.82 Å². The fourth-order valence-electron chi connectivity index (χ4n) is 4.33. The molecule has 1 N–H and O–H groups in total. The zero-order valence-corrected chi connectivity index (χ0v) is 17.1. The zero-order chi connectivity index (χ0) is 19.8. The number of aromatic nitrogens is 4. The van der Waals surface area contributed by atoms with Crippen molar-refractivity contribution >= 4 is 34.4 Å². The predicted octanol–water partition coefficient (Wildman–Crippen LogP) is 3.71. The monoisotopic (exact) mass is 407 g/mol. The highest BCUT2D eigenvalue weighted by Crippen LogP contribution is 2.39. The van der Waals surface area contributed by atoms with Crippen molar-refractivity contribution < 1.29 is 14.3 Å². The van der Waals surface area contributed by atoms with E-state index in [1.165, 1.54) is 19.8 Å². The number of halogens is 1. The summed E-state index contributed by atoms with van der Waals surface area (Å²) in [5.74, 6) is 0.400. The Kier molecular flexibility index (Phi) is 5.42. The topological polar surface area (TPSA) is 91.2 Å². The molecule has 152 valence electrons. The van der Waals surface area contributed by atoms with Crippen LogP contribution in [0, 0.1) is 5.92 Å². The molecule has 2 aliphatic rings. The lowest BCUT2D eigenvalue weighted by molar-refractivity contribution is -0.154. The van der Waals surface area contributed by atoms with Gasteiger partial charge in [-0.25, -0.2) is 4.68 Å². The van der Waals surface area contributed by atoms with Crippen LogP contribution < -0.4 is 5.32 Å². The van der Waals surface area contributed by atoms with Gasteiger partial charge >= 0.3 is 5.97 Å². The summed E-state index contributed by atoms with van der Waals surface area (Å²) in [6.45, 7) is 5.49. The van der Waals surface area contributed by atoms with Crippen molar-refractivity contribution in [3.63, 3.8) is 0 Å². The lowest BCUT2D eigenvalue weighted by Gasteiger charge is -2.21. The molecule has 0 radical (unpaired) electrons. The number of nitrogens with zero attached hydrogens (tertiary/aromatic N) is 4. The first-order chi connectivity index (χ1) is 13.5. The van der Waals surface area contributed by atoms with E-state index >= 15 is 0 Å². The number of rotatable bonds is 5. The van der Waals surface area contributed by atoms with Crippen molar-refractivity contribution in [2.75, 3.05) is 5.32 Å². The first-order valence-electron chi connectivity index (χ1n) is 9.98. The van der Waals surface area contributed by atoms with Crippen LogP contribution in [0.2, 0.25) is 5.28 Å². The van der Waals surface area contributed by atoms with Gasteiger partial charge in [-0.15, -0.1) is 0 Å². The van der Waals surface area contributed by atoms with E-state index in [-0.39, 0.29) is 23.3 Å². The maximum absolute atomic E-state index is 11.7. The highest BCUT2D eigenvalue weighted by Gasteiger charge is 2.45. The number of carbonyl (C=O) groups is 1. The third-order valence-corrected chi connectivity index (χ3v) is 5.94. The molecule has 1 saturated heterocycles. The molecule has 28 heavy (non-hydrogen) atoms. The molecule has 8 nitrogen and oxygen atoms in total. The second kappa shape index (κ2) is 7.83.